The van der Waals surface area contributed by atoms with Gasteiger partial charge in [-0.15, -0.1) is 0 Å². The first-order chi connectivity index (χ1) is 32.1. The predicted octanol–water partition coefficient (Wildman–Crippen LogP) is 17.0. The van der Waals surface area contributed by atoms with E-state index < -0.39 is 0 Å². The minimum Gasteiger partial charge on any atom is -0.310 e. The number of nitrogens with zero attached hydrogens (tertiary/aromatic N) is 3. The highest BCUT2D eigenvalue weighted by Crippen LogP contribution is 2.44. The maximum Gasteiger partial charge on any atom is 0.0743 e. The number of fused-ring (bicyclic) bond motifs is 1. The number of anilines is 3. The average Bonchev–Trinajstić information content (AvgIpc) is 3.72. The quantitative estimate of drug-likeness (QED) is 0.134. The van der Waals surface area contributed by atoms with Gasteiger partial charge in [-0.25, -0.2) is 0 Å². The topological polar surface area (TPSA) is 20.5 Å². The Morgan fingerprint density at radius 2 is 1.06 bits per heavy atom. The summed E-state index contributed by atoms with van der Waals surface area (Å²) >= 11 is 0. The molecule has 10 rings (SSSR count). The second-order valence-electron chi connectivity index (χ2n) is 16.7. The van der Waals surface area contributed by atoms with Crippen molar-refractivity contribution >= 4 is 44.9 Å². The molecule has 1 aliphatic rings. The maximum atomic E-state index is 5.29. The SMILES string of the molecule is CCC1\C=C/C=C\C(C)=N\C(c2ccccc2)=C(\c2cccc(N(c3ccccc3)c3ccc(-c4ccc(-n5c(-c6ccccc6)c(-c6ccccc6)c6ccccc65)cc4)cc3)c2)C1. The van der Waals surface area contributed by atoms with Crippen molar-refractivity contribution in [2.75, 3.05) is 4.90 Å². The van der Waals surface area contributed by atoms with Crippen LogP contribution in [0.4, 0.5) is 17.1 Å². The van der Waals surface area contributed by atoms with Crippen molar-refractivity contribution in [3.63, 3.8) is 0 Å². The fourth-order valence-electron chi connectivity index (χ4n) is 9.23. The standard InChI is InChI=1S/C62H51N3/c1-3-46-22-17-16-21-45(2)63-61(50-25-10-5-11-26-50)58(43-46)52-29-20-32-56(44-52)64(53-30-14-7-15-31-53)54-39-35-47(36-40-54)48-37-41-55(42-38-48)65-59-34-19-18-33-57(59)60(49-23-8-4-9-24-49)62(65)51-27-12-6-13-28-51/h4-42,44,46H,3,43H2,1-2H3/b21-16-,22-17-,61-58+,63-45+. The largest absolute Gasteiger partial charge is 0.310 e. The number of benzene rings is 8. The zero-order chi connectivity index (χ0) is 44.0. The number of aliphatic imine (C=N–C) groups is 1. The van der Waals surface area contributed by atoms with Crippen LogP contribution in [-0.2, 0) is 0 Å². The van der Waals surface area contributed by atoms with Gasteiger partial charge in [0.25, 0.3) is 0 Å². The lowest BCUT2D eigenvalue weighted by atomic mass is 9.88. The Morgan fingerprint density at radius 3 is 1.74 bits per heavy atom. The first kappa shape index (κ1) is 41.0. The molecule has 1 aromatic heterocycles. The summed E-state index contributed by atoms with van der Waals surface area (Å²) in [7, 11) is 0. The summed E-state index contributed by atoms with van der Waals surface area (Å²) in [5.41, 5.74) is 18.3. The molecule has 0 aliphatic carbocycles. The van der Waals surface area contributed by atoms with E-state index >= 15 is 0 Å². The van der Waals surface area contributed by atoms with Gasteiger partial charge in [0.05, 0.1) is 16.9 Å². The molecule has 65 heavy (non-hydrogen) atoms. The van der Waals surface area contributed by atoms with E-state index in [1.54, 1.807) is 0 Å². The van der Waals surface area contributed by atoms with Crippen molar-refractivity contribution in [3.05, 3.63) is 254 Å². The molecule has 0 fully saturated rings. The molecule has 0 radical (unpaired) electrons. The maximum absolute atomic E-state index is 5.29. The molecule has 3 heteroatoms. The fourth-order valence-corrected chi connectivity index (χ4v) is 9.23. The molecule has 0 saturated carbocycles. The van der Waals surface area contributed by atoms with Crippen LogP contribution < -0.4 is 4.90 Å². The number of para-hydroxylation sites is 2. The Morgan fingerprint density at radius 1 is 0.508 bits per heavy atom. The number of hydrogen-bond acceptors (Lipinski definition) is 2. The molecule has 9 aromatic rings. The van der Waals surface area contributed by atoms with Crippen LogP contribution in [0.25, 0.3) is 61.4 Å². The van der Waals surface area contributed by atoms with E-state index in [0.29, 0.717) is 5.92 Å². The van der Waals surface area contributed by atoms with Crippen LogP contribution in [0, 0.1) is 5.92 Å². The van der Waals surface area contributed by atoms with Gasteiger partial charge in [0.15, 0.2) is 0 Å². The van der Waals surface area contributed by atoms with Crippen LogP contribution in [0.3, 0.4) is 0 Å². The van der Waals surface area contributed by atoms with Crippen molar-refractivity contribution in [3.8, 4) is 39.2 Å². The van der Waals surface area contributed by atoms with E-state index in [1.807, 2.05) is 0 Å². The van der Waals surface area contributed by atoms with E-state index in [4.69, 9.17) is 4.99 Å². The second kappa shape index (κ2) is 18.8. The van der Waals surface area contributed by atoms with Crippen LogP contribution in [0.15, 0.2) is 248 Å². The molecule has 2 heterocycles. The van der Waals surface area contributed by atoms with E-state index in [1.165, 1.54) is 44.4 Å². The molecule has 3 nitrogen and oxygen atoms in total. The molecule has 0 saturated heterocycles. The summed E-state index contributed by atoms with van der Waals surface area (Å²) in [6.07, 6.45) is 10.7. The number of rotatable bonds is 10. The second-order valence-corrected chi connectivity index (χ2v) is 16.7. The highest BCUT2D eigenvalue weighted by Gasteiger charge is 2.22. The van der Waals surface area contributed by atoms with Crippen molar-refractivity contribution < 1.29 is 0 Å². The first-order valence-electron chi connectivity index (χ1n) is 22.7. The zero-order valence-corrected chi connectivity index (χ0v) is 36.9. The molecule has 8 aromatic carbocycles. The minimum atomic E-state index is 0.373. The molecule has 0 amide bonds. The van der Waals surface area contributed by atoms with Crippen molar-refractivity contribution in [1.82, 2.24) is 4.57 Å². The van der Waals surface area contributed by atoms with Crippen LogP contribution >= 0.6 is 0 Å². The highest BCUT2D eigenvalue weighted by molar-refractivity contribution is 6.06. The zero-order valence-electron chi connectivity index (χ0n) is 36.9. The minimum absolute atomic E-state index is 0.373. The van der Waals surface area contributed by atoms with E-state index in [2.05, 4.69) is 266 Å². The van der Waals surface area contributed by atoms with Gasteiger partial charge in [0.1, 0.15) is 0 Å². The van der Waals surface area contributed by atoms with Gasteiger partial charge in [0, 0.05) is 45.0 Å². The molecule has 1 unspecified atom stereocenters. The lowest BCUT2D eigenvalue weighted by molar-refractivity contribution is 0.646. The van der Waals surface area contributed by atoms with Crippen molar-refractivity contribution in [2.24, 2.45) is 10.9 Å². The third kappa shape index (κ3) is 8.57. The molecule has 314 valence electrons. The molecule has 0 N–H and O–H groups in total. The van der Waals surface area contributed by atoms with E-state index in [0.717, 1.165) is 63.7 Å². The number of hydrogen-bond donors (Lipinski definition) is 0. The van der Waals surface area contributed by atoms with Crippen LogP contribution in [0.5, 0.6) is 0 Å². The van der Waals surface area contributed by atoms with Crippen LogP contribution in [0.2, 0.25) is 0 Å². The molecular weight excluding hydrogens is 787 g/mol. The Balaban J connectivity index is 1.03. The Bertz CT molecular complexity index is 3170. The van der Waals surface area contributed by atoms with Gasteiger partial charge >= 0.3 is 0 Å². The summed E-state index contributed by atoms with van der Waals surface area (Å²) in [5.74, 6) is 0.373. The summed E-state index contributed by atoms with van der Waals surface area (Å²) in [6.45, 7) is 4.36. The van der Waals surface area contributed by atoms with Gasteiger partial charge < -0.3 is 9.47 Å². The smallest absolute Gasteiger partial charge is 0.0743 e. The first-order valence-corrected chi connectivity index (χ1v) is 22.7. The van der Waals surface area contributed by atoms with E-state index in [-0.39, 0.29) is 0 Å². The van der Waals surface area contributed by atoms with Crippen LogP contribution in [-0.4, -0.2) is 10.3 Å². The Kier molecular flexibility index (Phi) is 11.8. The summed E-state index contributed by atoms with van der Waals surface area (Å²) < 4.78 is 2.42. The average molecular weight is 838 g/mol. The molecule has 0 spiro atoms. The third-order valence-corrected chi connectivity index (χ3v) is 12.5. The fraction of sp³-hybridized carbons (Fsp3) is 0.0806. The van der Waals surface area contributed by atoms with Gasteiger partial charge in [-0.1, -0.05) is 189 Å². The van der Waals surface area contributed by atoms with Gasteiger partial charge in [0.2, 0.25) is 0 Å². The molecule has 0 bridgehead atoms. The van der Waals surface area contributed by atoms with Crippen molar-refractivity contribution in [2.45, 2.75) is 26.7 Å². The number of allylic oxidation sites excluding steroid dienone is 5. The molecule has 1 atom stereocenters. The summed E-state index contributed by atoms with van der Waals surface area (Å²) in [5, 5.41) is 1.23. The van der Waals surface area contributed by atoms with E-state index in [9.17, 15) is 0 Å². The normalized spacial score (nSPS) is 17.0. The summed E-state index contributed by atoms with van der Waals surface area (Å²) in [6, 6.07) is 78.7. The highest BCUT2D eigenvalue weighted by atomic mass is 15.1. The van der Waals surface area contributed by atoms with Gasteiger partial charge in [-0.2, -0.15) is 0 Å². The van der Waals surface area contributed by atoms with Gasteiger partial charge in [-0.05, 0) is 120 Å². The molecular formula is C62H51N3. The third-order valence-electron chi connectivity index (χ3n) is 12.5. The Hall–Kier alpha value is -8.01. The summed E-state index contributed by atoms with van der Waals surface area (Å²) in [4.78, 5) is 7.65. The molecule has 1 aliphatic heterocycles. The lowest BCUT2D eigenvalue weighted by Crippen LogP contribution is -2.10. The monoisotopic (exact) mass is 837 g/mol. The van der Waals surface area contributed by atoms with Crippen LogP contribution in [0.1, 0.15) is 37.8 Å². The predicted molar refractivity (Wildman–Crippen MR) is 277 cm³/mol. The number of aromatic nitrogens is 1. The van der Waals surface area contributed by atoms with Gasteiger partial charge in [-0.3, -0.25) is 4.99 Å². The van der Waals surface area contributed by atoms with Crippen molar-refractivity contribution in [1.29, 1.82) is 0 Å². The Labute approximate surface area is 383 Å². The lowest BCUT2D eigenvalue weighted by Gasteiger charge is -2.27.